The molecule has 0 aliphatic carbocycles. The van der Waals surface area contributed by atoms with Gasteiger partial charge in [0.05, 0.1) is 11.8 Å². The minimum absolute atomic E-state index is 0.0401. The molecule has 15 nitrogen and oxygen atoms in total. The number of hydrogen-bond acceptors (Lipinski definition) is 10. The summed E-state index contributed by atoms with van der Waals surface area (Å²) in [6.45, 7) is 0. The first kappa shape index (κ1) is 21.1. The molecule has 0 saturated carbocycles. The van der Waals surface area contributed by atoms with E-state index >= 15 is 0 Å². The molecule has 9 N–H and O–H groups in total. The van der Waals surface area contributed by atoms with Gasteiger partial charge in [0.25, 0.3) is 5.95 Å². The number of fused-ring (bicyclic) bond motifs is 1. The number of primary amides is 2. The van der Waals surface area contributed by atoms with Crippen molar-refractivity contribution in [2.24, 2.45) is 23.2 Å². The molecule has 0 radical (unpaired) electrons. The summed E-state index contributed by atoms with van der Waals surface area (Å²) in [6.07, 6.45) is 1.33. The maximum absolute atomic E-state index is 11.6. The number of aromatic carboxylic acids is 1. The monoisotopic (exact) mass is 427 g/mol. The van der Waals surface area contributed by atoms with Crippen molar-refractivity contribution >= 4 is 52.5 Å². The van der Waals surface area contributed by atoms with Gasteiger partial charge in [-0.15, -0.1) is 0 Å². The number of carbonyl (C=O) groups is 3. The fourth-order valence-electron chi connectivity index (χ4n) is 2.49. The predicted octanol–water partition coefficient (Wildman–Crippen LogP) is -0.596. The van der Waals surface area contributed by atoms with Gasteiger partial charge in [-0.25, -0.2) is 41.0 Å². The number of anilines is 4. The van der Waals surface area contributed by atoms with E-state index in [1.165, 1.54) is 18.3 Å². The number of benzene rings is 1. The van der Waals surface area contributed by atoms with Crippen molar-refractivity contribution in [1.29, 1.82) is 0 Å². The van der Waals surface area contributed by atoms with E-state index in [0.29, 0.717) is 15.7 Å². The van der Waals surface area contributed by atoms with Crippen molar-refractivity contribution in [3.8, 4) is 0 Å². The van der Waals surface area contributed by atoms with Crippen LogP contribution in [0.2, 0.25) is 0 Å². The van der Waals surface area contributed by atoms with Gasteiger partial charge in [-0.3, -0.25) is 0 Å². The molecule has 2 heterocycles. The zero-order valence-corrected chi connectivity index (χ0v) is 16.0. The van der Waals surface area contributed by atoms with Crippen molar-refractivity contribution in [1.82, 2.24) is 19.9 Å². The second-order valence-corrected chi connectivity index (χ2v) is 6.08. The number of hydrazine groups is 2. The highest BCUT2D eigenvalue weighted by molar-refractivity contribution is 5.98. The van der Waals surface area contributed by atoms with Gasteiger partial charge in [-0.1, -0.05) is 6.07 Å². The number of urea groups is 2. The maximum atomic E-state index is 11.6. The van der Waals surface area contributed by atoms with E-state index < -0.39 is 24.0 Å². The Kier molecular flexibility index (Phi) is 5.45. The first-order chi connectivity index (χ1) is 14.6. The molecule has 3 aromatic rings. The van der Waals surface area contributed by atoms with Crippen LogP contribution in [0.25, 0.3) is 11.2 Å². The summed E-state index contributed by atoms with van der Waals surface area (Å²) in [5.41, 5.74) is 10.8. The number of nitrogens with two attached hydrogens (primary N) is 4. The average molecular weight is 427 g/mol. The fourth-order valence-corrected chi connectivity index (χ4v) is 2.49. The van der Waals surface area contributed by atoms with Crippen LogP contribution < -0.4 is 38.1 Å². The molecule has 2 aromatic heterocycles. The molecule has 0 unspecified atom stereocenters. The first-order valence-corrected chi connectivity index (χ1v) is 8.40. The van der Waals surface area contributed by atoms with Crippen LogP contribution in [0.3, 0.4) is 0 Å². The lowest BCUT2D eigenvalue weighted by Crippen LogP contribution is -2.45. The van der Waals surface area contributed by atoms with E-state index in [1.54, 1.807) is 24.1 Å². The minimum atomic E-state index is -1.09. The lowest BCUT2D eigenvalue weighted by Gasteiger charge is -2.21. The summed E-state index contributed by atoms with van der Waals surface area (Å²) in [7, 11) is 1.62. The average Bonchev–Trinajstić information content (AvgIpc) is 2.76. The number of carbonyl (C=O) groups excluding carboxylic acids is 2. The number of hydrogen-bond donors (Lipinski definition) is 5. The molecule has 0 bridgehead atoms. The molecule has 0 atom stereocenters. The Balaban J connectivity index is 2.16. The molecule has 0 aliphatic rings. The quantitative estimate of drug-likeness (QED) is 0.196. The van der Waals surface area contributed by atoms with E-state index in [2.05, 4.69) is 19.9 Å². The molecule has 0 saturated heterocycles. The van der Waals surface area contributed by atoms with Crippen LogP contribution in [-0.2, 0) is 0 Å². The summed E-state index contributed by atoms with van der Waals surface area (Å²) in [4.78, 5) is 52.2. The van der Waals surface area contributed by atoms with Gasteiger partial charge in [-0.05, 0) is 18.2 Å². The Morgan fingerprint density at radius 3 is 2.29 bits per heavy atom. The van der Waals surface area contributed by atoms with Gasteiger partial charge in [0.1, 0.15) is 0 Å². The Labute approximate surface area is 173 Å². The number of carboxylic acid groups (broad SMARTS) is 1. The summed E-state index contributed by atoms with van der Waals surface area (Å²) in [5.74, 6) is 9.68. The summed E-state index contributed by atoms with van der Waals surface area (Å²) in [5, 5.41) is 10.1. The normalized spacial score (nSPS) is 10.5. The molecule has 0 fully saturated rings. The van der Waals surface area contributed by atoms with Crippen LogP contribution in [0.15, 0.2) is 30.5 Å². The standard InChI is InChI=1S/C16H17N11O4/c1-25(8-4-2-3-7(5-8)13(28)29)9-6-21-11-10(22-9)12(26(19)14(17)30)24-16(23-11)27(20)15(18)31/h2-6H,19-20H2,1H3,(H2,17,30)(H2,18,31)(H,28,29). The van der Waals surface area contributed by atoms with E-state index in [1.807, 2.05) is 0 Å². The Bertz CT molecular complexity index is 1200. The largest absolute Gasteiger partial charge is 0.478 e. The third-order valence-electron chi connectivity index (χ3n) is 4.11. The number of nitrogens with zero attached hydrogens (tertiary/aromatic N) is 7. The molecule has 0 spiro atoms. The maximum Gasteiger partial charge on any atom is 0.336 e. The van der Waals surface area contributed by atoms with Crippen molar-refractivity contribution in [3.63, 3.8) is 0 Å². The molecule has 160 valence electrons. The SMILES string of the molecule is CN(c1cccc(C(=O)O)c1)c1cnc2nc(N(N)C(N)=O)nc(N(N)C(N)=O)c2n1. The molecule has 4 amide bonds. The molecule has 31 heavy (non-hydrogen) atoms. The van der Waals surface area contributed by atoms with Gasteiger partial charge >= 0.3 is 18.0 Å². The molecule has 0 aliphatic heterocycles. The third kappa shape index (κ3) is 4.07. The highest BCUT2D eigenvalue weighted by Crippen LogP contribution is 2.27. The lowest BCUT2D eigenvalue weighted by atomic mass is 10.2. The minimum Gasteiger partial charge on any atom is -0.478 e. The van der Waals surface area contributed by atoms with Crippen LogP contribution in [-0.4, -0.2) is 50.1 Å². The second-order valence-electron chi connectivity index (χ2n) is 6.08. The van der Waals surface area contributed by atoms with Gasteiger partial charge in [0, 0.05) is 12.7 Å². The molecule has 3 rings (SSSR count). The van der Waals surface area contributed by atoms with Gasteiger partial charge in [-0.2, -0.15) is 15.0 Å². The predicted molar refractivity (Wildman–Crippen MR) is 109 cm³/mol. The van der Waals surface area contributed by atoms with Gasteiger partial charge in [0.2, 0.25) is 0 Å². The van der Waals surface area contributed by atoms with Crippen molar-refractivity contribution in [2.75, 3.05) is 22.0 Å². The number of amides is 4. The van der Waals surface area contributed by atoms with E-state index in [-0.39, 0.29) is 28.4 Å². The third-order valence-corrected chi connectivity index (χ3v) is 4.11. The fraction of sp³-hybridized carbons (Fsp3) is 0.0625. The first-order valence-electron chi connectivity index (χ1n) is 8.40. The van der Waals surface area contributed by atoms with Crippen LogP contribution in [0.1, 0.15) is 10.4 Å². The van der Waals surface area contributed by atoms with E-state index in [9.17, 15) is 19.5 Å². The van der Waals surface area contributed by atoms with Crippen molar-refractivity contribution in [2.45, 2.75) is 0 Å². The second kappa shape index (κ2) is 8.01. The topological polar surface area (TPSA) is 237 Å². The number of aromatic nitrogens is 4. The van der Waals surface area contributed by atoms with E-state index in [4.69, 9.17) is 23.2 Å². The van der Waals surface area contributed by atoms with Crippen LogP contribution in [0.4, 0.5) is 32.9 Å². The highest BCUT2D eigenvalue weighted by atomic mass is 16.4. The van der Waals surface area contributed by atoms with Gasteiger partial charge < -0.3 is 21.5 Å². The Morgan fingerprint density at radius 1 is 1.00 bits per heavy atom. The van der Waals surface area contributed by atoms with Gasteiger partial charge in [0.15, 0.2) is 22.8 Å². The zero-order chi connectivity index (χ0) is 22.9. The Morgan fingerprint density at radius 2 is 1.68 bits per heavy atom. The van der Waals surface area contributed by atoms with Crippen LogP contribution >= 0.6 is 0 Å². The molecular weight excluding hydrogens is 410 g/mol. The number of rotatable bonds is 5. The molecular formula is C16H17N11O4. The molecule has 1 aromatic carbocycles. The van der Waals surface area contributed by atoms with Crippen LogP contribution in [0.5, 0.6) is 0 Å². The smallest absolute Gasteiger partial charge is 0.336 e. The molecule has 15 heteroatoms. The van der Waals surface area contributed by atoms with Crippen molar-refractivity contribution < 1.29 is 19.5 Å². The van der Waals surface area contributed by atoms with E-state index in [0.717, 1.165) is 0 Å². The number of carboxylic acids is 1. The highest BCUT2D eigenvalue weighted by Gasteiger charge is 2.22. The summed E-state index contributed by atoms with van der Waals surface area (Å²) < 4.78 is 0. The lowest BCUT2D eigenvalue weighted by molar-refractivity contribution is 0.0697. The summed E-state index contributed by atoms with van der Waals surface area (Å²) in [6, 6.07) is 3.96. The van der Waals surface area contributed by atoms with Crippen LogP contribution in [0, 0.1) is 0 Å². The Hall–Kier alpha value is -4.63. The zero-order valence-electron chi connectivity index (χ0n) is 16.0. The summed E-state index contributed by atoms with van der Waals surface area (Å²) >= 11 is 0. The van der Waals surface area contributed by atoms with Crippen molar-refractivity contribution in [3.05, 3.63) is 36.0 Å².